The second-order valence-corrected chi connectivity index (χ2v) is 8.87. The molecule has 0 bridgehead atoms. The summed E-state index contributed by atoms with van der Waals surface area (Å²) in [5.74, 6) is 0.452. The van der Waals surface area contributed by atoms with Gasteiger partial charge in [0.15, 0.2) is 0 Å². The van der Waals surface area contributed by atoms with Crippen molar-refractivity contribution >= 4 is 11.8 Å². The van der Waals surface area contributed by atoms with Gasteiger partial charge in [0.2, 0.25) is 11.8 Å². The Kier molecular flexibility index (Phi) is 8.14. The molecule has 2 amide bonds. The Morgan fingerprint density at radius 3 is 2.59 bits per heavy atom. The summed E-state index contributed by atoms with van der Waals surface area (Å²) in [4.78, 5) is 30.3. The van der Waals surface area contributed by atoms with E-state index in [1.54, 1.807) is 0 Å². The third-order valence-corrected chi connectivity index (χ3v) is 6.79. The monoisotopic (exact) mass is 398 g/mol. The molecule has 4 nitrogen and oxygen atoms in total. The second-order valence-electron chi connectivity index (χ2n) is 8.87. The third kappa shape index (κ3) is 5.61. The summed E-state index contributed by atoms with van der Waals surface area (Å²) in [7, 11) is 0. The fourth-order valence-corrected chi connectivity index (χ4v) is 4.97. The van der Waals surface area contributed by atoms with Crippen LogP contribution < -0.4 is 0 Å². The van der Waals surface area contributed by atoms with Crippen LogP contribution in [0.15, 0.2) is 24.3 Å². The summed E-state index contributed by atoms with van der Waals surface area (Å²) in [5.41, 5.74) is 2.60. The van der Waals surface area contributed by atoms with Crippen LogP contribution >= 0.6 is 0 Å². The number of carbonyl (C=O) groups is 2. The van der Waals surface area contributed by atoms with E-state index in [-0.39, 0.29) is 30.3 Å². The van der Waals surface area contributed by atoms with Crippen molar-refractivity contribution in [1.82, 2.24) is 9.80 Å². The van der Waals surface area contributed by atoms with E-state index >= 15 is 0 Å². The van der Waals surface area contributed by atoms with Crippen LogP contribution in [0.25, 0.3) is 0 Å². The van der Waals surface area contributed by atoms with Gasteiger partial charge in [-0.05, 0) is 43.7 Å². The number of rotatable bonds is 8. The van der Waals surface area contributed by atoms with Crippen molar-refractivity contribution in [3.05, 3.63) is 35.4 Å². The lowest BCUT2D eigenvalue weighted by molar-refractivity contribution is -0.145. The Labute approximate surface area is 176 Å². The molecule has 1 fully saturated rings. The Morgan fingerprint density at radius 2 is 1.83 bits per heavy atom. The number of amides is 2. The van der Waals surface area contributed by atoms with Crippen LogP contribution in [0.1, 0.15) is 88.8 Å². The Bertz CT molecular complexity index is 681. The van der Waals surface area contributed by atoms with Gasteiger partial charge >= 0.3 is 0 Å². The number of carbonyl (C=O) groups excluding carboxylic acids is 2. The fourth-order valence-electron chi connectivity index (χ4n) is 4.97. The second kappa shape index (κ2) is 10.8. The van der Waals surface area contributed by atoms with Crippen LogP contribution in [0.5, 0.6) is 0 Å². The number of benzene rings is 1. The minimum Gasteiger partial charge on any atom is -0.334 e. The first-order valence-electron chi connectivity index (χ1n) is 11.8. The molecule has 1 unspecified atom stereocenters. The van der Waals surface area contributed by atoms with Crippen LogP contribution in [0.3, 0.4) is 0 Å². The van der Waals surface area contributed by atoms with Crippen molar-refractivity contribution in [1.29, 1.82) is 0 Å². The molecule has 29 heavy (non-hydrogen) atoms. The zero-order chi connectivity index (χ0) is 20.6. The maximum Gasteiger partial charge on any atom is 0.242 e. The van der Waals surface area contributed by atoms with Crippen LogP contribution in [0, 0.1) is 5.92 Å². The molecule has 2 aliphatic rings. The largest absolute Gasteiger partial charge is 0.334 e. The molecule has 1 heterocycles. The van der Waals surface area contributed by atoms with Gasteiger partial charge in [0, 0.05) is 19.0 Å². The van der Waals surface area contributed by atoms with Crippen molar-refractivity contribution in [3.8, 4) is 0 Å². The average Bonchev–Trinajstić information content (AvgIpc) is 2.76. The maximum atomic E-state index is 13.2. The van der Waals surface area contributed by atoms with Gasteiger partial charge in [0.05, 0.1) is 12.6 Å². The van der Waals surface area contributed by atoms with E-state index in [0.29, 0.717) is 0 Å². The summed E-state index contributed by atoms with van der Waals surface area (Å²) >= 11 is 0. The number of hydrogen-bond acceptors (Lipinski definition) is 2. The van der Waals surface area contributed by atoms with E-state index < -0.39 is 0 Å². The van der Waals surface area contributed by atoms with Crippen LogP contribution in [0.2, 0.25) is 0 Å². The van der Waals surface area contributed by atoms with Crippen molar-refractivity contribution in [2.24, 2.45) is 5.92 Å². The first kappa shape index (κ1) is 21.9. The number of fused-ring (bicyclic) bond motifs is 1. The Hall–Kier alpha value is -1.84. The average molecular weight is 399 g/mol. The normalized spacial score (nSPS) is 19.7. The molecule has 0 aromatic heterocycles. The Balaban J connectivity index is 1.65. The van der Waals surface area contributed by atoms with E-state index in [2.05, 4.69) is 38.1 Å². The van der Waals surface area contributed by atoms with Crippen LogP contribution in [-0.2, 0) is 16.0 Å². The van der Waals surface area contributed by atoms with Crippen molar-refractivity contribution in [2.45, 2.75) is 84.1 Å². The predicted octanol–water partition coefficient (Wildman–Crippen LogP) is 5.12. The molecule has 160 valence electrons. The molecule has 3 rings (SSSR count). The molecule has 0 N–H and O–H groups in total. The summed E-state index contributed by atoms with van der Waals surface area (Å²) in [5, 5.41) is 0. The van der Waals surface area contributed by atoms with E-state index in [0.717, 1.165) is 58.0 Å². The molecule has 4 heteroatoms. The van der Waals surface area contributed by atoms with Crippen LogP contribution in [0.4, 0.5) is 0 Å². The van der Waals surface area contributed by atoms with E-state index in [4.69, 9.17) is 0 Å². The summed E-state index contributed by atoms with van der Waals surface area (Å²) in [6, 6.07) is 8.51. The standard InChI is InChI=1S/C25H38N2O2/c1-3-4-5-11-17-26(25(29)22-13-7-6-8-14-22)19-24(28)27-18-16-21-12-9-10-15-23(21)20(27)2/h9-10,12,15,20,22H,3-8,11,13-14,16-19H2,1-2H3. The lowest BCUT2D eigenvalue weighted by atomic mass is 9.88. The molecule has 0 spiro atoms. The molecule has 1 aliphatic heterocycles. The zero-order valence-electron chi connectivity index (χ0n) is 18.4. The lowest BCUT2D eigenvalue weighted by Gasteiger charge is -2.37. The summed E-state index contributed by atoms with van der Waals surface area (Å²) in [6.07, 6.45) is 10.9. The van der Waals surface area contributed by atoms with Gasteiger partial charge in [-0.3, -0.25) is 9.59 Å². The molecule has 1 saturated carbocycles. The molecular weight excluding hydrogens is 360 g/mol. The predicted molar refractivity (Wildman–Crippen MR) is 118 cm³/mol. The van der Waals surface area contributed by atoms with Gasteiger partial charge in [0.25, 0.3) is 0 Å². The Morgan fingerprint density at radius 1 is 1.07 bits per heavy atom. The highest BCUT2D eigenvalue weighted by Crippen LogP contribution is 2.30. The van der Waals surface area contributed by atoms with Gasteiger partial charge in [-0.1, -0.05) is 69.7 Å². The quantitative estimate of drug-likeness (QED) is 0.570. The lowest BCUT2D eigenvalue weighted by Crippen LogP contribution is -2.47. The minimum atomic E-state index is 0.0826. The smallest absolute Gasteiger partial charge is 0.242 e. The molecule has 0 saturated heterocycles. The van der Waals surface area contributed by atoms with Gasteiger partial charge in [-0.15, -0.1) is 0 Å². The highest BCUT2D eigenvalue weighted by Gasteiger charge is 2.31. The zero-order valence-corrected chi connectivity index (χ0v) is 18.4. The first-order chi connectivity index (χ1) is 14.1. The van der Waals surface area contributed by atoms with Gasteiger partial charge < -0.3 is 9.80 Å². The topological polar surface area (TPSA) is 40.6 Å². The highest BCUT2D eigenvalue weighted by molar-refractivity contribution is 5.86. The molecular formula is C25H38N2O2. The van der Waals surface area contributed by atoms with Crippen LogP contribution in [-0.4, -0.2) is 41.2 Å². The van der Waals surface area contributed by atoms with E-state index in [1.165, 1.54) is 30.4 Å². The first-order valence-corrected chi connectivity index (χ1v) is 11.8. The van der Waals surface area contributed by atoms with Gasteiger partial charge in [-0.2, -0.15) is 0 Å². The molecule has 0 radical (unpaired) electrons. The van der Waals surface area contributed by atoms with E-state index in [9.17, 15) is 9.59 Å². The third-order valence-electron chi connectivity index (χ3n) is 6.79. The summed E-state index contributed by atoms with van der Waals surface area (Å²) < 4.78 is 0. The molecule has 1 atom stereocenters. The van der Waals surface area contributed by atoms with Crippen molar-refractivity contribution in [3.63, 3.8) is 0 Å². The number of unbranched alkanes of at least 4 members (excludes halogenated alkanes) is 3. The minimum absolute atomic E-state index is 0.0826. The highest BCUT2D eigenvalue weighted by atomic mass is 16.2. The number of nitrogens with zero attached hydrogens (tertiary/aromatic N) is 2. The molecule has 1 aromatic rings. The fraction of sp³-hybridized carbons (Fsp3) is 0.680. The van der Waals surface area contributed by atoms with E-state index in [1.807, 2.05) is 9.80 Å². The van der Waals surface area contributed by atoms with Crippen molar-refractivity contribution in [2.75, 3.05) is 19.6 Å². The molecule has 1 aliphatic carbocycles. The SMILES string of the molecule is CCCCCCN(CC(=O)N1CCc2ccccc2C1C)C(=O)C1CCCCC1. The van der Waals surface area contributed by atoms with Crippen molar-refractivity contribution < 1.29 is 9.59 Å². The van der Waals surface area contributed by atoms with Gasteiger partial charge in [-0.25, -0.2) is 0 Å². The number of hydrogen-bond donors (Lipinski definition) is 0. The van der Waals surface area contributed by atoms with Gasteiger partial charge in [0.1, 0.15) is 0 Å². The summed E-state index contributed by atoms with van der Waals surface area (Å²) in [6.45, 7) is 6.03. The molecule has 1 aromatic carbocycles. The maximum absolute atomic E-state index is 13.2.